The summed E-state index contributed by atoms with van der Waals surface area (Å²) < 4.78 is -5.12. The summed E-state index contributed by atoms with van der Waals surface area (Å²) in [6.07, 6.45) is 0. The molecule has 8 nitrogen and oxygen atoms in total. The fraction of sp³-hybridized carbons (Fsp3) is 0.217. The molecule has 2 aromatic rings. The second kappa shape index (κ2) is 7.96. The Bertz CT molecular complexity index is 1240. The number of aliphatic carboxylic acids is 1. The summed E-state index contributed by atoms with van der Waals surface area (Å²) in [5, 5.41) is 11.7. The van der Waals surface area contributed by atoms with Gasteiger partial charge in [0, 0.05) is 29.2 Å². The third kappa shape index (κ3) is 3.24. The molecule has 1 amide bonds. The molecular weight excluding hydrogens is 466 g/mol. The molecule has 0 spiro atoms. The molecule has 2 N–H and O–H groups in total. The Morgan fingerprint density at radius 1 is 0.788 bits per heavy atom. The van der Waals surface area contributed by atoms with Crippen molar-refractivity contribution < 1.29 is 33.9 Å². The van der Waals surface area contributed by atoms with Crippen LogP contribution in [0.5, 0.6) is 0 Å². The van der Waals surface area contributed by atoms with Gasteiger partial charge in [-0.05, 0) is 31.2 Å². The molecule has 3 unspecified atom stereocenters. The summed E-state index contributed by atoms with van der Waals surface area (Å²) >= 11 is 0.556. The standard InChI is InChI=1S/C23H17NO7S2/c1-11(24-12(2)25)22(17(26)13-3-7-15(8-4-13)19(28)32-22)23(21(30)31)18(27)14-5-9-16(10-6-14)20(29)33-23/h3-11H,1-2H3,(H,24,25)(H,30,31). The van der Waals surface area contributed by atoms with E-state index in [0.717, 1.165) is 0 Å². The van der Waals surface area contributed by atoms with E-state index in [1.807, 2.05) is 0 Å². The van der Waals surface area contributed by atoms with Gasteiger partial charge in [-0.25, -0.2) is 0 Å². The van der Waals surface area contributed by atoms with Gasteiger partial charge in [0.15, 0.2) is 11.6 Å². The molecule has 0 aliphatic carbocycles. The van der Waals surface area contributed by atoms with Gasteiger partial charge in [0.05, 0.1) is 6.04 Å². The Hall–Kier alpha value is -3.24. The maximum Gasteiger partial charge on any atom is 0.330 e. The predicted octanol–water partition coefficient (Wildman–Crippen LogP) is 2.61. The van der Waals surface area contributed by atoms with Crippen LogP contribution in [0.25, 0.3) is 0 Å². The topological polar surface area (TPSA) is 135 Å². The molecule has 0 aromatic heterocycles. The first-order chi connectivity index (χ1) is 15.5. The van der Waals surface area contributed by atoms with E-state index < -0.39 is 49.2 Å². The van der Waals surface area contributed by atoms with Crippen molar-refractivity contribution in [1.29, 1.82) is 0 Å². The monoisotopic (exact) mass is 483 g/mol. The predicted molar refractivity (Wildman–Crippen MR) is 122 cm³/mol. The van der Waals surface area contributed by atoms with E-state index in [1.165, 1.54) is 62.4 Å². The average Bonchev–Trinajstić information content (AvgIpc) is 2.78. The number of fused-ring (bicyclic) bond motifs is 11. The van der Waals surface area contributed by atoms with Crippen molar-refractivity contribution in [3.63, 3.8) is 0 Å². The van der Waals surface area contributed by atoms with Gasteiger partial charge in [0.2, 0.25) is 20.9 Å². The smallest absolute Gasteiger partial charge is 0.330 e. The minimum Gasteiger partial charge on any atom is -0.480 e. The highest BCUT2D eigenvalue weighted by atomic mass is 32.2. The van der Waals surface area contributed by atoms with Gasteiger partial charge in [-0.3, -0.25) is 28.8 Å². The number of hydrogen-bond donors (Lipinski definition) is 2. The maximum atomic E-state index is 14.0. The van der Waals surface area contributed by atoms with Gasteiger partial charge in [-0.1, -0.05) is 47.8 Å². The molecule has 0 fully saturated rings. The number of carbonyl (C=O) groups is 6. The van der Waals surface area contributed by atoms with E-state index in [2.05, 4.69) is 5.32 Å². The lowest BCUT2D eigenvalue weighted by Crippen LogP contribution is -2.72. The normalized spacial score (nSPS) is 25.2. The summed E-state index contributed by atoms with van der Waals surface area (Å²) in [6, 6.07) is 9.71. The third-order valence-corrected chi connectivity index (χ3v) is 8.90. The Morgan fingerprint density at radius 2 is 1.21 bits per heavy atom. The number of carboxylic acid groups (broad SMARTS) is 1. The van der Waals surface area contributed by atoms with Crippen molar-refractivity contribution in [1.82, 2.24) is 5.32 Å². The molecule has 10 heteroatoms. The number of ketones is 2. The van der Waals surface area contributed by atoms with Crippen molar-refractivity contribution in [2.75, 3.05) is 0 Å². The zero-order valence-corrected chi connectivity index (χ0v) is 19.0. The summed E-state index contributed by atoms with van der Waals surface area (Å²) in [5.74, 6) is -4.22. The lowest BCUT2D eigenvalue weighted by atomic mass is 9.74. The summed E-state index contributed by atoms with van der Waals surface area (Å²) in [6.45, 7) is 2.53. The third-order valence-electron chi connectivity index (χ3n) is 5.78. The van der Waals surface area contributed by atoms with E-state index in [-0.39, 0.29) is 34.0 Å². The quantitative estimate of drug-likeness (QED) is 0.629. The van der Waals surface area contributed by atoms with E-state index in [9.17, 15) is 33.9 Å². The van der Waals surface area contributed by atoms with Crippen LogP contribution in [-0.2, 0) is 9.59 Å². The highest BCUT2D eigenvalue weighted by Gasteiger charge is 2.71. The molecule has 3 atom stereocenters. The molecule has 168 valence electrons. The van der Waals surface area contributed by atoms with Crippen LogP contribution in [0.2, 0.25) is 0 Å². The Morgan fingerprint density at radius 3 is 1.67 bits per heavy atom. The molecule has 0 radical (unpaired) electrons. The summed E-state index contributed by atoms with van der Waals surface area (Å²) in [7, 11) is 0. The van der Waals surface area contributed by atoms with E-state index >= 15 is 0 Å². The number of Topliss-reactive ketones (excluding diaryl/α,β-unsaturated/α-hetero) is 2. The molecule has 33 heavy (non-hydrogen) atoms. The highest BCUT2D eigenvalue weighted by Crippen LogP contribution is 2.54. The van der Waals surface area contributed by atoms with E-state index in [4.69, 9.17) is 0 Å². The minimum atomic E-state index is -2.74. The number of thioether (sulfide) groups is 2. The molecule has 4 aliphatic heterocycles. The van der Waals surface area contributed by atoms with E-state index in [0.29, 0.717) is 11.8 Å². The number of carboxylic acids is 1. The fourth-order valence-corrected chi connectivity index (χ4v) is 7.02. The maximum absolute atomic E-state index is 14.0. The van der Waals surface area contributed by atoms with Crippen LogP contribution in [0.3, 0.4) is 0 Å². The first-order valence-corrected chi connectivity index (χ1v) is 11.4. The van der Waals surface area contributed by atoms with Crippen LogP contribution in [0.15, 0.2) is 48.5 Å². The minimum absolute atomic E-state index is 0.0349. The fourth-order valence-electron chi connectivity index (χ4n) is 4.20. The van der Waals surface area contributed by atoms with Crippen LogP contribution < -0.4 is 5.32 Å². The zero-order chi connectivity index (χ0) is 24.1. The molecular formula is C23H17NO7S2. The lowest BCUT2D eigenvalue weighted by Gasteiger charge is -2.48. The van der Waals surface area contributed by atoms with Crippen molar-refractivity contribution >= 4 is 57.2 Å². The molecule has 4 heterocycles. The number of carbonyl (C=O) groups excluding carboxylic acids is 5. The number of hydrogen-bond acceptors (Lipinski definition) is 8. The highest BCUT2D eigenvalue weighted by molar-refractivity contribution is 8.20. The molecule has 2 aromatic carbocycles. The van der Waals surface area contributed by atoms with Gasteiger partial charge in [-0.2, -0.15) is 0 Å². The number of amides is 1. The van der Waals surface area contributed by atoms with Gasteiger partial charge in [-0.15, -0.1) is 0 Å². The van der Waals surface area contributed by atoms with Gasteiger partial charge in [0.1, 0.15) is 4.75 Å². The zero-order valence-electron chi connectivity index (χ0n) is 17.4. The van der Waals surface area contributed by atoms with Crippen LogP contribution in [-0.4, -0.2) is 54.3 Å². The second-order valence-corrected chi connectivity index (χ2v) is 10.1. The first kappa shape index (κ1) is 22.9. The van der Waals surface area contributed by atoms with Crippen LogP contribution >= 0.6 is 23.5 Å². The first-order valence-electron chi connectivity index (χ1n) is 9.81. The second-order valence-electron chi connectivity index (χ2n) is 7.74. The Balaban J connectivity index is 2.11. The van der Waals surface area contributed by atoms with Crippen molar-refractivity contribution in [3.8, 4) is 0 Å². The molecule has 4 aliphatic rings. The number of benzene rings is 2. The summed E-state index contributed by atoms with van der Waals surface area (Å²) in [4.78, 5) is 79.2. The van der Waals surface area contributed by atoms with Crippen molar-refractivity contribution in [2.45, 2.75) is 29.4 Å². The van der Waals surface area contributed by atoms with Crippen LogP contribution in [0, 0.1) is 0 Å². The Kier molecular flexibility index (Phi) is 5.53. The van der Waals surface area contributed by atoms with Gasteiger partial charge < -0.3 is 10.4 Å². The SMILES string of the molecule is CC(=O)NC(C)C1(C2(C(=O)O)SC(=O)c3ccc(cc3)C2=O)SC(=O)c2ccc(cc2)C1=O. The van der Waals surface area contributed by atoms with Gasteiger partial charge >= 0.3 is 5.97 Å². The van der Waals surface area contributed by atoms with Crippen LogP contribution in [0.1, 0.15) is 55.3 Å². The molecule has 0 saturated heterocycles. The number of rotatable bonds is 4. The van der Waals surface area contributed by atoms with Crippen LogP contribution in [0.4, 0.5) is 0 Å². The van der Waals surface area contributed by atoms with E-state index in [1.54, 1.807) is 0 Å². The lowest BCUT2D eigenvalue weighted by molar-refractivity contribution is -0.139. The molecule has 0 saturated carbocycles. The summed E-state index contributed by atoms with van der Waals surface area (Å²) in [5.41, 5.74) is 0.344. The van der Waals surface area contributed by atoms with Gasteiger partial charge in [0.25, 0.3) is 0 Å². The largest absolute Gasteiger partial charge is 0.480 e. The molecule has 4 bridgehead atoms. The Labute approximate surface area is 196 Å². The average molecular weight is 484 g/mol. The molecule has 6 rings (SSSR count). The van der Waals surface area contributed by atoms with Crippen molar-refractivity contribution in [3.05, 3.63) is 70.8 Å². The number of nitrogens with one attached hydrogen (secondary N) is 1. The van der Waals surface area contributed by atoms with Crippen molar-refractivity contribution in [2.24, 2.45) is 0 Å².